The average Bonchev–Trinajstić information content (AvgIpc) is 2.47. The normalized spacial score (nSPS) is 23.7. The number of carbonyl (C=O) groups excluding carboxylic acids is 1. The number of rotatable bonds is 4. The van der Waals surface area contributed by atoms with Crippen molar-refractivity contribution in [3.05, 3.63) is 63.2 Å². The van der Waals surface area contributed by atoms with Crippen molar-refractivity contribution in [2.75, 3.05) is 6.61 Å². The number of benzene rings is 1. The molecule has 23 heavy (non-hydrogen) atoms. The SMILES string of the molecule is CCOC(=O)[C@]1(C)C=C(C)C=C(C)[C@H]1c1ccc([N+](=O)[O-])cc1. The smallest absolute Gasteiger partial charge is 0.316 e. The van der Waals surface area contributed by atoms with E-state index >= 15 is 0 Å². The Morgan fingerprint density at radius 3 is 2.43 bits per heavy atom. The van der Waals surface area contributed by atoms with Gasteiger partial charge in [-0.1, -0.05) is 35.4 Å². The van der Waals surface area contributed by atoms with Crippen molar-refractivity contribution in [3.8, 4) is 0 Å². The maximum absolute atomic E-state index is 12.6. The summed E-state index contributed by atoms with van der Waals surface area (Å²) in [6.45, 7) is 7.88. The fourth-order valence-electron chi connectivity index (χ4n) is 3.37. The van der Waals surface area contributed by atoms with Crippen LogP contribution < -0.4 is 0 Å². The van der Waals surface area contributed by atoms with Crippen LogP contribution in [0.1, 0.15) is 39.2 Å². The Hall–Kier alpha value is -2.43. The van der Waals surface area contributed by atoms with Crippen molar-refractivity contribution in [2.24, 2.45) is 5.41 Å². The van der Waals surface area contributed by atoms with Gasteiger partial charge in [0.2, 0.25) is 0 Å². The molecule has 5 heteroatoms. The quantitative estimate of drug-likeness (QED) is 0.475. The van der Waals surface area contributed by atoms with Crippen LogP contribution in [0.15, 0.2) is 47.6 Å². The summed E-state index contributed by atoms with van der Waals surface area (Å²) in [6, 6.07) is 6.37. The number of nitrogens with zero attached hydrogens (tertiary/aromatic N) is 1. The molecular formula is C18H21NO4. The molecule has 1 aliphatic carbocycles. The van der Waals surface area contributed by atoms with Gasteiger partial charge in [-0.05, 0) is 33.3 Å². The third-order valence-corrected chi connectivity index (χ3v) is 4.19. The van der Waals surface area contributed by atoms with E-state index in [-0.39, 0.29) is 17.6 Å². The summed E-state index contributed by atoms with van der Waals surface area (Å²) in [5.41, 5.74) is 2.12. The molecule has 0 aliphatic heterocycles. The van der Waals surface area contributed by atoms with E-state index in [1.54, 1.807) is 19.1 Å². The second kappa shape index (κ2) is 6.36. The number of esters is 1. The third-order valence-electron chi connectivity index (χ3n) is 4.19. The van der Waals surface area contributed by atoms with Crippen LogP contribution in [-0.2, 0) is 9.53 Å². The van der Waals surface area contributed by atoms with Crippen molar-refractivity contribution in [2.45, 2.75) is 33.6 Å². The predicted molar refractivity (Wildman–Crippen MR) is 88.1 cm³/mol. The number of ether oxygens (including phenoxy) is 1. The molecule has 0 radical (unpaired) electrons. The number of non-ortho nitro benzene ring substituents is 1. The first kappa shape index (κ1) is 16.9. The highest BCUT2D eigenvalue weighted by molar-refractivity contribution is 5.82. The Balaban J connectivity index is 2.49. The summed E-state index contributed by atoms with van der Waals surface area (Å²) in [6.07, 6.45) is 3.96. The lowest BCUT2D eigenvalue weighted by Crippen LogP contribution is -2.37. The molecule has 122 valence electrons. The first-order valence-corrected chi connectivity index (χ1v) is 7.58. The number of nitro benzene ring substituents is 1. The van der Waals surface area contributed by atoms with E-state index in [1.807, 2.05) is 32.9 Å². The zero-order valence-electron chi connectivity index (χ0n) is 13.8. The Kier molecular flexibility index (Phi) is 4.68. The van der Waals surface area contributed by atoms with Crippen molar-refractivity contribution in [3.63, 3.8) is 0 Å². The number of nitro groups is 1. The van der Waals surface area contributed by atoms with E-state index < -0.39 is 10.3 Å². The van der Waals surface area contributed by atoms with Gasteiger partial charge in [0.05, 0.1) is 16.9 Å². The van der Waals surface area contributed by atoms with Gasteiger partial charge in [-0.15, -0.1) is 0 Å². The summed E-state index contributed by atoms with van der Waals surface area (Å²) >= 11 is 0. The first-order chi connectivity index (χ1) is 10.8. The summed E-state index contributed by atoms with van der Waals surface area (Å²) < 4.78 is 5.28. The lowest BCUT2D eigenvalue weighted by molar-refractivity contribution is -0.384. The highest BCUT2D eigenvalue weighted by atomic mass is 16.6. The average molecular weight is 315 g/mol. The Bertz CT molecular complexity index is 687. The van der Waals surface area contributed by atoms with E-state index in [0.29, 0.717) is 6.61 Å². The molecule has 1 aliphatic rings. The van der Waals surface area contributed by atoms with Crippen LogP contribution in [0.3, 0.4) is 0 Å². The molecule has 0 fully saturated rings. The molecule has 0 saturated carbocycles. The molecule has 2 rings (SSSR count). The number of carbonyl (C=O) groups is 1. The van der Waals surface area contributed by atoms with Gasteiger partial charge in [-0.3, -0.25) is 14.9 Å². The van der Waals surface area contributed by atoms with Crippen LogP contribution in [0.2, 0.25) is 0 Å². The zero-order chi connectivity index (χ0) is 17.2. The molecule has 0 heterocycles. The van der Waals surface area contributed by atoms with Gasteiger partial charge in [0.1, 0.15) is 0 Å². The first-order valence-electron chi connectivity index (χ1n) is 7.58. The maximum atomic E-state index is 12.6. The summed E-state index contributed by atoms with van der Waals surface area (Å²) in [5, 5.41) is 10.8. The van der Waals surface area contributed by atoms with E-state index in [0.717, 1.165) is 16.7 Å². The minimum Gasteiger partial charge on any atom is -0.465 e. The summed E-state index contributed by atoms with van der Waals surface area (Å²) in [4.78, 5) is 23.0. The van der Waals surface area contributed by atoms with E-state index in [2.05, 4.69) is 0 Å². The molecule has 0 bridgehead atoms. The maximum Gasteiger partial charge on any atom is 0.316 e. The lowest BCUT2D eigenvalue weighted by atomic mass is 9.66. The number of hydrogen-bond donors (Lipinski definition) is 0. The molecular weight excluding hydrogens is 294 g/mol. The van der Waals surface area contributed by atoms with Crippen LogP contribution in [0, 0.1) is 15.5 Å². The Morgan fingerprint density at radius 2 is 1.91 bits per heavy atom. The van der Waals surface area contributed by atoms with Crippen molar-refractivity contribution in [1.29, 1.82) is 0 Å². The molecule has 0 amide bonds. The fourth-order valence-corrected chi connectivity index (χ4v) is 3.37. The second-order valence-electron chi connectivity index (χ2n) is 6.06. The Morgan fingerprint density at radius 1 is 1.30 bits per heavy atom. The summed E-state index contributed by atoms with van der Waals surface area (Å²) in [5.74, 6) is -0.485. The number of allylic oxidation sites excluding steroid dienone is 3. The number of hydrogen-bond acceptors (Lipinski definition) is 4. The molecule has 1 aromatic rings. The van der Waals surface area contributed by atoms with Crippen molar-refractivity contribution in [1.82, 2.24) is 0 Å². The van der Waals surface area contributed by atoms with Crippen molar-refractivity contribution < 1.29 is 14.5 Å². The minimum absolute atomic E-state index is 0.0377. The Labute approximate surface area is 135 Å². The topological polar surface area (TPSA) is 69.4 Å². The minimum atomic E-state index is -0.824. The molecule has 0 spiro atoms. The highest BCUT2D eigenvalue weighted by Crippen LogP contribution is 2.47. The lowest BCUT2D eigenvalue weighted by Gasteiger charge is -2.37. The van der Waals surface area contributed by atoms with Crippen LogP contribution in [0.5, 0.6) is 0 Å². The molecule has 2 atom stereocenters. The molecule has 1 aromatic carbocycles. The third kappa shape index (κ3) is 3.18. The van der Waals surface area contributed by atoms with Gasteiger partial charge in [0, 0.05) is 18.1 Å². The van der Waals surface area contributed by atoms with Gasteiger partial charge < -0.3 is 4.74 Å². The predicted octanol–water partition coefficient (Wildman–Crippen LogP) is 4.15. The van der Waals surface area contributed by atoms with Crippen LogP contribution in [0.25, 0.3) is 0 Å². The molecule has 5 nitrogen and oxygen atoms in total. The molecule has 0 N–H and O–H groups in total. The van der Waals surface area contributed by atoms with E-state index in [1.165, 1.54) is 12.1 Å². The van der Waals surface area contributed by atoms with Gasteiger partial charge in [0.15, 0.2) is 0 Å². The largest absolute Gasteiger partial charge is 0.465 e. The van der Waals surface area contributed by atoms with Gasteiger partial charge in [0.25, 0.3) is 5.69 Å². The molecule has 0 unspecified atom stereocenters. The van der Waals surface area contributed by atoms with Gasteiger partial charge in [-0.25, -0.2) is 0 Å². The molecule has 0 aromatic heterocycles. The van der Waals surface area contributed by atoms with Gasteiger partial charge in [-0.2, -0.15) is 0 Å². The van der Waals surface area contributed by atoms with E-state index in [9.17, 15) is 14.9 Å². The fraction of sp³-hybridized carbons (Fsp3) is 0.389. The van der Waals surface area contributed by atoms with Gasteiger partial charge >= 0.3 is 5.97 Å². The van der Waals surface area contributed by atoms with E-state index in [4.69, 9.17) is 4.74 Å². The van der Waals surface area contributed by atoms with Crippen molar-refractivity contribution >= 4 is 11.7 Å². The highest BCUT2D eigenvalue weighted by Gasteiger charge is 2.44. The van der Waals surface area contributed by atoms with Crippen LogP contribution >= 0.6 is 0 Å². The van der Waals surface area contributed by atoms with Crippen LogP contribution in [0.4, 0.5) is 5.69 Å². The second-order valence-corrected chi connectivity index (χ2v) is 6.06. The zero-order valence-corrected chi connectivity index (χ0v) is 13.8. The molecule has 0 saturated heterocycles. The monoisotopic (exact) mass is 315 g/mol. The standard InChI is InChI=1S/C18H21NO4/c1-5-23-17(20)18(4)11-12(2)10-13(3)16(18)14-6-8-15(9-7-14)19(21)22/h6-11,16H,5H2,1-4H3/t16-,18+/m0/s1. The van der Waals surface area contributed by atoms with Crippen LogP contribution in [-0.4, -0.2) is 17.5 Å². The summed E-state index contributed by atoms with van der Waals surface area (Å²) in [7, 11) is 0.